The molecule has 0 saturated heterocycles. The Hall–Kier alpha value is -1.47. The summed E-state index contributed by atoms with van der Waals surface area (Å²) in [5.41, 5.74) is 0. The summed E-state index contributed by atoms with van der Waals surface area (Å²) in [7, 11) is -4.27. The Morgan fingerprint density at radius 1 is 0.565 bits per heavy atom. The maximum atomic E-state index is 12.5. The summed E-state index contributed by atoms with van der Waals surface area (Å²) in [5.74, 6) is -0.818. The number of phosphoric ester groups is 1. The summed E-state index contributed by atoms with van der Waals surface area (Å²) in [5, 5.41) is 0. The summed E-state index contributed by atoms with van der Waals surface area (Å²) >= 11 is 0. The molecule has 0 aliphatic carbocycles. The molecular weight excluding hydrogens is 603 g/mol. The van der Waals surface area contributed by atoms with Gasteiger partial charge in [0.25, 0.3) is 0 Å². The zero-order chi connectivity index (χ0) is 34.0. The van der Waals surface area contributed by atoms with Crippen LogP contribution >= 0.6 is 7.82 Å². The number of phosphoric acid groups is 1. The Balaban J connectivity index is 4.19. The highest BCUT2D eigenvalue weighted by molar-refractivity contribution is 7.47. The van der Waals surface area contributed by atoms with Crippen molar-refractivity contribution in [2.24, 2.45) is 0 Å². The average Bonchev–Trinajstić information content (AvgIpc) is 3.03. The molecule has 1 N–H and O–H groups in total. The number of carbonyl (C=O) groups is 2. The normalized spacial score (nSPS) is 13.7. The Morgan fingerprint density at radius 3 is 1.43 bits per heavy atom. The minimum Gasteiger partial charge on any atom is -0.462 e. The predicted molar refractivity (Wildman–Crippen MR) is 189 cm³/mol. The van der Waals surface area contributed by atoms with Crippen molar-refractivity contribution in [3.05, 3.63) is 24.3 Å². The van der Waals surface area contributed by atoms with E-state index in [-0.39, 0.29) is 32.0 Å². The Bertz CT molecular complexity index is 813. The summed E-state index contributed by atoms with van der Waals surface area (Å²) in [6.45, 7) is 5.41. The van der Waals surface area contributed by atoms with E-state index in [9.17, 15) is 19.0 Å². The van der Waals surface area contributed by atoms with E-state index in [2.05, 4.69) is 38.2 Å². The molecule has 0 fully saturated rings. The van der Waals surface area contributed by atoms with Crippen molar-refractivity contribution in [3.63, 3.8) is 0 Å². The second-order valence-electron chi connectivity index (χ2n) is 12.2. The van der Waals surface area contributed by atoms with Crippen molar-refractivity contribution >= 4 is 19.8 Å². The number of unbranched alkanes of at least 4 members (excludes halogenated alkanes) is 18. The van der Waals surface area contributed by atoms with Gasteiger partial charge in [-0.25, -0.2) is 4.57 Å². The van der Waals surface area contributed by atoms with Gasteiger partial charge in [-0.2, -0.15) is 0 Å². The van der Waals surface area contributed by atoms with E-state index < -0.39 is 26.5 Å². The quantitative estimate of drug-likeness (QED) is 0.0311. The largest absolute Gasteiger partial charge is 0.472 e. The average molecular weight is 673 g/mol. The Morgan fingerprint density at radius 2 is 0.978 bits per heavy atom. The molecule has 0 aliphatic heterocycles. The standard InChI is InChI=1S/C37H69O8P/c1-4-7-9-11-13-15-17-19-21-23-25-27-29-31-36(38)42-33-35(34-44-46(40,41)43-6-3)45-37(39)32-30-28-26-24-22-20-18-16-14-12-10-8-5-2/h15-18,35H,4-14,19-34H2,1-3H3,(H,40,41)/b17-15-,18-16-. The van der Waals surface area contributed by atoms with Crippen molar-refractivity contribution < 1.29 is 37.6 Å². The maximum absolute atomic E-state index is 12.5. The van der Waals surface area contributed by atoms with E-state index >= 15 is 0 Å². The minimum absolute atomic E-state index is 0.00161. The molecule has 46 heavy (non-hydrogen) atoms. The van der Waals surface area contributed by atoms with Crippen LogP contribution in [0.3, 0.4) is 0 Å². The molecule has 9 heteroatoms. The fourth-order valence-electron chi connectivity index (χ4n) is 4.97. The number of ether oxygens (including phenoxy) is 2. The summed E-state index contributed by atoms with van der Waals surface area (Å²) in [6, 6.07) is 0. The monoisotopic (exact) mass is 672 g/mol. The molecule has 0 saturated carbocycles. The molecule has 0 spiro atoms. The first-order valence-corrected chi connectivity index (χ1v) is 20.1. The van der Waals surface area contributed by atoms with Crippen molar-refractivity contribution in [1.29, 1.82) is 0 Å². The lowest BCUT2D eigenvalue weighted by atomic mass is 10.1. The lowest BCUT2D eigenvalue weighted by Gasteiger charge is -2.19. The number of rotatable bonds is 34. The molecule has 0 aliphatic rings. The predicted octanol–water partition coefficient (Wildman–Crippen LogP) is 11.1. The van der Waals surface area contributed by atoms with Gasteiger partial charge in [-0.15, -0.1) is 0 Å². The SMILES string of the molecule is CCCCCC/C=C\CCCCCCCC(=O)OCC(COP(=O)(O)OCC)OC(=O)CCCCCCC/C=C\CCCCCC. The van der Waals surface area contributed by atoms with Crippen LogP contribution < -0.4 is 0 Å². The van der Waals surface area contributed by atoms with Crippen LogP contribution in [-0.4, -0.2) is 42.8 Å². The highest BCUT2D eigenvalue weighted by atomic mass is 31.2. The van der Waals surface area contributed by atoms with Gasteiger partial charge in [0.05, 0.1) is 13.2 Å². The zero-order valence-corrected chi connectivity index (χ0v) is 30.6. The van der Waals surface area contributed by atoms with Crippen molar-refractivity contribution in [2.45, 2.75) is 181 Å². The molecule has 2 atom stereocenters. The molecule has 0 aromatic heterocycles. The van der Waals surface area contributed by atoms with Crippen LogP contribution in [0.4, 0.5) is 0 Å². The maximum Gasteiger partial charge on any atom is 0.472 e. The second kappa shape index (κ2) is 33.4. The van der Waals surface area contributed by atoms with E-state index in [1.54, 1.807) is 6.92 Å². The highest BCUT2D eigenvalue weighted by Gasteiger charge is 2.25. The third-order valence-electron chi connectivity index (χ3n) is 7.73. The molecule has 8 nitrogen and oxygen atoms in total. The molecule has 0 radical (unpaired) electrons. The van der Waals surface area contributed by atoms with E-state index in [4.69, 9.17) is 18.5 Å². The van der Waals surface area contributed by atoms with Crippen LogP contribution in [0.5, 0.6) is 0 Å². The first-order chi connectivity index (χ1) is 22.3. The van der Waals surface area contributed by atoms with E-state index in [1.807, 2.05) is 0 Å². The van der Waals surface area contributed by atoms with Gasteiger partial charge in [-0.05, 0) is 71.1 Å². The van der Waals surface area contributed by atoms with Gasteiger partial charge in [0.15, 0.2) is 6.10 Å². The van der Waals surface area contributed by atoms with Crippen LogP contribution in [0.25, 0.3) is 0 Å². The smallest absolute Gasteiger partial charge is 0.462 e. The summed E-state index contributed by atoms with van der Waals surface area (Å²) < 4.78 is 32.5. The van der Waals surface area contributed by atoms with Crippen LogP contribution in [0.1, 0.15) is 175 Å². The van der Waals surface area contributed by atoms with E-state index in [0.717, 1.165) is 70.6 Å². The van der Waals surface area contributed by atoms with Gasteiger partial charge in [-0.3, -0.25) is 18.6 Å². The van der Waals surface area contributed by atoms with Gasteiger partial charge < -0.3 is 14.4 Å². The highest BCUT2D eigenvalue weighted by Crippen LogP contribution is 2.43. The van der Waals surface area contributed by atoms with Crippen LogP contribution in [0.2, 0.25) is 0 Å². The number of esters is 2. The molecule has 0 heterocycles. The molecular formula is C37H69O8P. The molecule has 0 aromatic carbocycles. The first kappa shape index (κ1) is 44.5. The van der Waals surface area contributed by atoms with Crippen LogP contribution in [0.15, 0.2) is 24.3 Å². The van der Waals surface area contributed by atoms with Crippen molar-refractivity contribution in [2.75, 3.05) is 19.8 Å². The van der Waals surface area contributed by atoms with E-state index in [1.165, 1.54) is 64.2 Å². The topological polar surface area (TPSA) is 108 Å². The molecule has 0 rings (SSSR count). The molecule has 2 unspecified atom stereocenters. The van der Waals surface area contributed by atoms with Gasteiger partial charge >= 0.3 is 19.8 Å². The fourth-order valence-corrected chi connectivity index (χ4v) is 5.73. The lowest BCUT2D eigenvalue weighted by molar-refractivity contribution is -0.161. The third-order valence-corrected chi connectivity index (χ3v) is 8.79. The molecule has 270 valence electrons. The lowest BCUT2D eigenvalue weighted by Crippen LogP contribution is -2.29. The summed E-state index contributed by atoms with van der Waals surface area (Å²) in [4.78, 5) is 34.5. The van der Waals surface area contributed by atoms with Gasteiger partial charge in [0.2, 0.25) is 0 Å². The molecule has 0 amide bonds. The van der Waals surface area contributed by atoms with Crippen LogP contribution in [-0.2, 0) is 32.7 Å². The zero-order valence-electron chi connectivity index (χ0n) is 29.7. The molecule has 0 bridgehead atoms. The Labute approximate surface area is 282 Å². The first-order valence-electron chi connectivity index (χ1n) is 18.6. The van der Waals surface area contributed by atoms with Crippen molar-refractivity contribution in [1.82, 2.24) is 0 Å². The van der Waals surface area contributed by atoms with Crippen LogP contribution in [0, 0.1) is 0 Å². The summed E-state index contributed by atoms with van der Waals surface area (Å²) in [6.07, 6.45) is 33.7. The third kappa shape index (κ3) is 32.5. The second-order valence-corrected chi connectivity index (χ2v) is 13.7. The van der Waals surface area contributed by atoms with Crippen molar-refractivity contribution in [3.8, 4) is 0 Å². The van der Waals surface area contributed by atoms with Gasteiger partial charge in [0, 0.05) is 12.8 Å². The number of hydrogen-bond donors (Lipinski definition) is 1. The minimum atomic E-state index is -4.27. The number of allylic oxidation sites excluding steroid dienone is 4. The number of carbonyl (C=O) groups excluding carboxylic acids is 2. The van der Waals surface area contributed by atoms with E-state index in [0.29, 0.717) is 6.42 Å². The van der Waals surface area contributed by atoms with Gasteiger partial charge in [0.1, 0.15) is 6.61 Å². The van der Waals surface area contributed by atoms with Gasteiger partial charge in [-0.1, -0.05) is 115 Å². The fraction of sp³-hybridized carbons (Fsp3) is 0.838. The Kier molecular flexibility index (Phi) is 32.4. The number of hydrogen-bond acceptors (Lipinski definition) is 7. The molecule has 0 aromatic rings.